The van der Waals surface area contributed by atoms with Gasteiger partial charge in [0.25, 0.3) is 0 Å². The molecule has 16 heavy (non-hydrogen) atoms. The summed E-state index contributed by atoms with van der Waals surface area (Å²) in [6.07, 6.45) is 1.65. The molecule has 0 bridgehead atoms. The molecule has 1 aromatic carbocycles. The lowest BCUT2D eigenvalue weighted by molar-refractivity contribution is 0.426. The second kappa shape index (κ2) is 4.47. The standard InChI is InChI=1S/C12H12BNO2/c1-9-5-2-3-6-10(9)12-11(13(15)16)7-4-8-14-12/h2-8,15-16H,1H3. The van der Waals surface area contributed by atoms with Crippen LogP contribution in [0.25, 0.3) is 11.3 Å². The van der Waals surface area contributed by atoms with E-state index in [1.54, 1.807) is 18.3 Å². The van der Waals surface area contributed by atoms with Gasteiger partial charge in [-0.15, -0.1) is 0 Å². The summed E-state index contributed by atoms with van der Waals surface area (Å²) in [5.74, 6) is 0. The van der Waals surface area contributed by atoms with E-state index in [1.807, 2.05) is 31.2 Å². The maximum Gasteiger partial charge on any atom is 0.490 e. The highest BCUT2D eigenvalue weighted by Gasteiger charge is 2.18. The van der Waals surface area contributed by atoms with Crippen molar-refractivity contribution in [3.05, 3.63) is 48.2 Å². The van der Waals surface area contributed by atoms with Gasteiger partial charge >= 0.3 is 7.12 Å². The molecule has 80 valence electrons. The third-order valence-corrected chi connectivity index (χ3v) is 2.52. The van der Waals surface area contributed by atoms with Crippen molar-refractivity contribution in [1.29, 1.82) is 0 Å². The summed E-state index contributed by atoms with van der Waals surface area (Å²) in [4.78, 5) is 4.21. The van der Waals surface area contributed by atoms with E-state index < -0.39 is 7.12 Å². The molecule has 1 heterocycles. The van der Waals surface area contributed by atoms with E-state index in [2.05, 4.69) is 4.98 Å². The van der Waals surface area contributed by atoms with Crippen LogP contribution in [0.1, 0.15) is 5.56 Å². The van der Waals surface area contributed by atoms with Crippen molar-refractivity contribution in [3.8, 4) is 11.3 Å². The van der Waals surface area contributed by atoms with Crippen molar-refractivity contribution in [2.24, 2.45) is 0 Å². The second-order valence-electron chi connectivity index (χ2n) is 3.63. The number of nitrogens with zero attached hydrogens (tertiary/aromatic N) is 1. The normalized spacial score (nSPS) is 10.2. The van der Waals surface area contributed by atoms with Crippen LogP contribution in [-0.4, -0.2) is 22.2 Å². The van der Waals surface area contributed by atoms with Crippen molar-refractivity contribution in [2.45, 2.75) is 6.92 Å². The molecular formula is C12H12BNO2. The number of hydrogen-bond acceptors (Lipinski definition) is 3. The number of aromatic nitrogens is 1. The molecular weight excluding hydrogens is 201 g/mol. The van der Waals surface area contributed by atoms with Crippen LogP contribution in [0.3, 0.4) is 0 Å². The van der Waals surface area contributed by atoms with E-state index in [9.17, 15) is 10.0 Å². The van der Waals surface area contributed by atoms with Gasteiger partial charge in [0.2, 0.25) is 0 Å². The number of hydrogen-bond donors (Lipinski definition) is 2. The molecule has 0 saturated carbocycles. The Bertz CT molecular complexity index is 500. The summed E-state index contributed by atoms with van der Waals surface area (Å²) in [5.41, 5.74) is 3.03. The van der Waals surface area contributed by atoms with E-state index in [4.69, 9.17) is 0 Å². The zero-order valence-electron chi connectivity index (χ0n) is 8.96. The van der Waals surface area contributed by atoms with E-state index in [0.717, 1.165) is 11.1 Å². The minimum atomic E-state index is -1.50. The van der Waals surface area contributed by atoms with Gasteiger partial charge in [-0.25, -0.2) is 0 Å². The highest BCUT2D eigenvalue weighted by Crippen LogP contribution is 2.19. The summed E-state index contributed by atoms with van der Waals surface area (Å²) in [7, 11) is -1.50. The second-order valence-corrected chi connectivity index (χ2v) is 3.63. The van der Waals surface area contributed by atoms with Crippen LogP contribution in [0.2, 0.25) is 0 Å². The van der Waals surface area contributed by atoms with Gasteiger partial charge in [0, 0.05) is 17.2 Å². The highest BCUT2D eigenvalue weighted by molar-refractivity contribution is 6.60. The molecule has 0 aliphatic heterocycles. The van der Waals surface area contributed by atoms with Crippen molar-refractivity contribution in [2.75, 3.05) is 0 Å². The molecule has 0 amide bonds. The Morgan fingerprint density at radius 1 is 1.06 bits per heavy atom. The first-order valence-corrected chi connectivity index (χ1v) is 5.07. The first-order valence-electron chi connectivity index (χ1n) is 5.07. The molecule has 0 aliphatic carbocycles. The van der Waals surface area contributed by atoms with Crippen molar-refractivity contribution in [1.82, 2.24) is 4.98 Å². The summed E-state index contributed by atoms with van der Waals surface area (Å²) >= 11 is 0. The van der Waals surface area contributed by atoms with Crippen LogP contribution < -0.4 is 5.46 Å². The van der Waals surface area contributed by atoms with Gasteiger partial charge in [0.05, 0.1) is 5.69 Å². The van der Waals surface area contributed by atoms with Crippen LogP contribution in [0, 0.1) is 6.92 Å². The SMILES string of the molecule is Cc1ccccc1-c1ncccc1B(O)O. The van der Waals surface area contributed by atoms with Crippen LogP contribution in [0.5, 0.6) is 0 Å². The van der Waals surface area contributed by atoms with E-state index in [0.29, 0.717) is 11.2 Å². The zero-order chi connectivity index (χ0) is 11.5. The average molecular weight is 213 g/mol. The smallest absolute Gasteiger partial charge is 0.423 e. The predicted octanol–water partition coefficient (Wildman–Crippen LogP) is 0.737. The fraction of sp³-hybridized carbons (Fsp3) is 0.0833. The lowest BCUT2D eigenvalue weighted by atomic mass is 9.77. The highest BCUT2D eigenvalue weighted by atomic mass is 16.4. The maximum absolute atomic E-state index is 9.27. The fourth-order valence-electron chi connectivity index (χ4n) is 1.69. The van der Waals surface area contributed by atoms with E-state index in [-0.39, 0.29) is 0 Å². The lowest BCUT2D eigenvalue weighted by Gasteiger charge is -2.09. The quantitative estimate of drug-likeness (QED) is 0.723. The van der Waals surface area contributed by atoms with Crippen LogP contribution in [0.15, 0.2) is 42.6 Å². The number of aryl methyl sites for hydroxylation is 1. The molecule has 0 saturated heterocycles. The third-order valence-electron chi connectivity index (χ3n) is 2.52. The molecule has 0 atom stereocenters. The zero-order valence-corrected chi connectivity index (χ0v) is 8.96. The third kappa shape index (κ3) is 1.98. The van der Waals surface area contributed by atoms with Gasteiger partial charge in [-0.2, -0.15) is 0 Å². The topological polar surface area (TPSA) is 53.4 Å². The molecule has 2 rings (SSSR count). The largest absolute Gasteiger partial charge is 0.490 e. The minimum absolute atomic E-state index is 0.428. The number of rotatable bonds is 2. The fourth-order valence-corrected chi connectivity index (χ4v) is 1.69. The Morgan fingerprint density at radius 3 is 2.50 bits per heavy atom. The van der Waals surface area contributed by atoms with Gasteiger partial charge < -0.3 is 10.0 Å². The Morgan fingerprint density at radius 2 is 1.81 bits per heavy atom. The Balaban J connectivity index is 2.60. The van der Waals surface area contributed by atoms with Gasteiger partial charge in [0.15, 0.2) is 0 Å². The molecule has 4 heteroatoms. The van der Waals surface area contributed by atoms with Gasteiger partial charge in [-0.05, 0) is 18.6 Å². The van der Waals surface area contributed by atoms with Crippen LogP contribution in [-0.2, 0) is 0 Å². The van der Waals surface area contributed by atoms with E-state index >= 15 is 0 Å². The van der Waals surface area contributed by atoms with Crippen molar-refractivity contribution >= 4 is 12.6 Å². The number of pyridine rings is 1. The van der Waals surface area contributed by atoms with Gasteiger partial charge in [0.1, 0.15) is 0 Å². The van der Waals surface area contributed by atoms with Gasteiger partial charge in [-0.1, -0.05) is 30.3 Å². The summed E-state index contributed by atoms with van der Waals surface area (Å²) < 4.78 is 0. The first kappa shape index (κ1) is 10.9. The predicted molar refractivity (Wildman–Crippen MR) is 64.2 cm³/mol. The molecule has 1 aromatic heterocycles. The van der Waals surface area contributed by atoms with Crippen molar-refractivity contribution < 1.29 is 10.0 Å². The summed E-state index contributed by atoms with van der Waals surface area (Å²) in [5, 5.41) is 18.5. The minimum Gasteiger partial charge on any atom is -0.423 e. The van der Waals surface area contributed by atoms with E-state index in [1.165, 1.54) is 0 Å². The average Bonchev–Trinajstić information content (AvgIpc) is 2.29. The molecule has 0 unspecified atom stereocenters. The molecule has 0 spiro atoms. The van der Waals surface area contributed by atoms with Crippen LogP contribution >= 0.6 is 0 Å². The molecule has 3 nitrogen and oxygen atoms in total. The molecule has 2 aromatic rings. The van der Waals surface area contributed by atoms with Gasteiger partial charge in [-0.3, -0.25) is 4.98 Å². The monoisotopic (exact) mass is 213 g/mol. The van der Waals surface area contributed by atoms with Crippen molar-refractivity contribution in [3.63, 3.8) is 0 Å². The summed E-state index contributed by atoms with van der Waals surface area (Å²) in [6.45, 7) is 1.97. The first-order chi connectivity index (χ1) is 7.70. The molecule has 2 N–H and O–H groups in total. The molecule has 0 fully saturated rings. The van der Waals surface area contributed by atoms with Crippen LogP contribution in [0.4, 0.5) is 0 Å². The summed E-state index contributed by atoms with van der Waals surface area (Å²) in [6, 6.07) is 11.1. The lowest BCUT2D eigenvalue weighted by Crippen LogP contribution is -2.32. The Hall–Kier alpha value is -1.65. The molecule has 0 radical (unpaired) electrons. The number of benzene rings is 1. The Kier molecular flexibility index (Phi) is 3.03. The Labute approximate surface area is 94.6 Å². The maximum atomic E-state index is 9.27. The molecule has 0 aliphatic rings.